The third-order valence-electron chi connectivity index (χ3n) is 7.30. The summed E-state index contributed by atoms with van der Waals surface area (Å²) in [5.41, 5.74) is 11.3. The number of aryl methyl sites for hydroxylation is 4. The average Bonchev–Trinajstić information content (AvgIpc) is 3.80. The van der Waals surface area contributed by atoms with Crippen molar-refractivity contribution in [1.82, 2.24) is 19.9 Å². The molecule has 0 aromatic carbocycles. The minimum absolute atomic E-state index is 0.367. The van der Waals surface area contributed by atoms with Gasteiger partial charge in [-0.2, -0.15) is 0 Å². The Balaban J connectivity index is 0.000000258. The Morgan fingerprint density at radius 3 is 1.72 bits per heavy atom. The van der Waals surface area contributed by atoms with Gasteiger partial charge in [-0.1, -0.05) is 19.6 Å². The first kappa shape index (κ1) is 43.4. The number of rotatable bonds is 10. The van der Waals surface area contributed by atoms with Gasteiger partial charge in [0.2, 0.25) is 0 Å². The summed E-state index contributed by atoms with van der Waals surface area (Å²) in [5, 5.41) is 18.0. The minimum atomic E-state index is -1.33. The van der Waals surface area contributed by atoms with Gasteiger partial charge < -0.3 is 11.1 Å². The number of pyridine rings is 2. The van der Waals surface area contributed by atoms with Crippen LogP contribution in [0.15, 0.2) is 59.8 Å². The van der Waals surface area contributed by atoms with Gasteiger partial charge in [-0.05, 0) is 75.6 Å². The average molecular weight is 823 g/mol. The molecule has 2 aliphatic carbocycles. The number of aromatic nitrogens is 4. The zero-order chi connectivity index (χ0) is 36.7. The topological polar surface area (TPSA) is 135 Å². The van der Waals surface area contributed by atoms with Gasteiger partial charge in [0.25, 0.3) is 0 Å². The fourth-order valence-corrected chi connectivity index (χ4v) is 5.52. The molecule has 15 heteroatoms. The van der Waals surface area contributed by atoms with Crippen molar-refractivity contribution in [1.29, 1.82) is 5.26 Å². The first-order valence-corrected chi connectivity index (χ1v) is 29.7. The number of nitrogens with zero attached hydrogens (tertiary/aromatic N) is 6. The van der Waals surface area contributed by atoms with E-state index in [2.05, 4.69) is 41.9 Å². The molecule has 0 amide bonds. The van der Waals surface area contributed by atoms with Gasteiger partial charge in [0.15, 0.2) is 8.07 Å². The van der Waals surface area contributed by atoms with E-state index in [9.17, 15) is 4.79 Å². The molecule has 3 N–H and O–H groups in total. The molecule has 4 heterocycles. The van der Waals surface area contributed by atoms with Gasteiger partial charge in [-0.25, -0.2) is 21.8 Å². The van der Waals surface area contributed by atoms with Crippen molar-refractivity contribution in [2.75, 3.05) is 11.1 Å². The number of nitriles is 1. The van der Waals surface area contributed by atoms with E-state index in [1.165, 1.54) is 10.0 Å². The first-order chi connectivity index (χ1) is 24.0. The molecule has 2 fully saturated rings. The maximum atomic E-state index is 9.90. The van der Waals surface area contributed by atoms with Crippen LogP contribution >= 0.6 is 42.1 Å². The molecule has 0 spiro atoms. The molecule has 6 rings (SSSR count). The zero-order valence-electron chi connectivity index (χ0n) is 29.2. The molecule has 0 atom stereocenters. The summed E-state index contributed by atoms with van der Waals surface area (Å²) in [7, 11) is 8.58. The number of nitrogen functional groups attached to an aromatic ring is 1. The monoisotopic (exact) mass is 820 g/mol. The van der Waals surface area contributed by atoms with E-state index in [1.807, 2.05) is 67.2 Å². The Hall–Kier alpha value is -2.77. The quantitative estimate of drug-likeness (QED) is 0.119. The molecule has 2 saturated carbocycles. The van der Waals surface area contributed by atoms with E-state index in [1.54, 1.807) is 28.9 Å². The molecule has 0 saturated heterocycles. The Kier molecular flexibility index (Phi) is 21.2. The van der Waals surface area contributed by atoms with Crippen LogP contribution in [-0.2, 0) is 45.6 Å². The number of carbonyl (C=O) groups excluding carboxylic acids is 1. The van der Waals surface area contributed by atoms with Crippen LogP contribution in [0.3, 0.4) is 0 Å². The third kappa shape index (κ3) is 19.0. The fraction of sp³-hybridized carbons (Fsp3) is 0.457. The Morgan fingerprint density at radius 1 is 0.920 bits per heavy atom. The Labute approximate surface area is 322 Å². The summed E-state index contributed by atoms with van der Waals surface area (Å²) >= 11 is 2.49. The summed E-state index contributed by atoms with van der Waals surface area (Å²) in [5.74, 6) is 0.435. The van der Waals surface area contributed by atoms with Gasteiger partial charge in [0, 0.05) is 65.9 Å². The number of Topliss-reactive ketones (excluding diaryl/α,β-unsaturated/α-hetero) is 1. The standard InChI is InChI=1S/C16H18N4S.C11H13N3S.C4H9NSi.C4H6O.2ClH.Zn/c1-17-16(8-3-9-16)20-14-7-6-13(19-12-14)4-2-5-15-18-10-11-21-15;12-9-4-5-10(14-8-9)2-1-3-11-13-6-7-15-11;1-6(2,3)4-5;5-4-2-1-3-4;;;/h6-7,10-12,20H,2-5,8-9H2;4-8H,1-3,12H2;1-3H3;1-3H2;2*1H;/q;;;;;;+2/p-2. The second-order valence-corrected chi connectivity index (χ2v) is 24.0. The van der Waals surface area contributed by atoms with E-state index in [-0.39, 0.29) is 5.66 Å². The summed E-state index contributed by atoms with van der Waals surface area (Å²) in [6, 6.07) is 7.97. The molecular formula is C35H46Cl2N8OS2SiZn. The van der Waals surface area contributed by atoms with Gasteiger partial charge in [0.1, 0.15) is 5.78 Å². The second-order valence-electron chi connectivity index (χ2n) is 12.7. The van der Waals surface area contributed by atoms with Gasteiger partial charge in [-0.3, -0.25) is 19.6 Å². The molecule has 264 valence electrons. The third-order valence-corrected chi connectivity index (χ3v) is 9.65. The zero-order valence-corrected chi connectivity index (χ0v) is 36.3. The number of carbonyl (C=O) groups is 1. The van der Waals surface area contributed by atoms with E-state index in [0.717, 1.165) is 99.8 Å². The number of halogens is 2. The van der Waals surface area contributed by atoms with E-state index < -0.39 is 23.2 Å². The second kappa shape index (κ2) is 24.4. The number of nitrogens with one attached hydrogen (secondary N) is 1. The molecule has 9 nitrogen and oxygen atoms in total. The molecular weight excluding hydrogens is 777 g/mol. The van der Waals surface area contributed by atoms with Crippen molar-refractivity contribution in [2.45, 2.75) is 102 Å². The number of thiazole rings is 2. The van der Waals surface area contributed by atoms with Gasteiger partial charge in [0.05, 0.1) is 33.8 Å². The van der Waals surface area contributed by atoms with Crippen LogP contribution in [0.5, 0.6) is 0 Å². The molecule has 0 aliphatic heterocycles. The molecule has 0 radical (unpaired) electrons. The number of anilines is 2. The van der Waals surface area contributed by atoms with Crippen molar-refractivity contribution in [3.8, 4) is 5.69 Å². The Morgan fingerprint density at radius 2 is 1.42 bits per heavy atom. The summed E-state index contributed by atoms with van der Waals surface area (Å²) in [4.78, 5) is 30.9. The van der Waals surface area contributed by atoms with Crippen LogP contribution < -0.4 is 11.1 Å². The van der Waals surface area contributed by atoms with Crippen molar-refractivity contribution in [2.24, 2.45) is 0 Å². The van der Waals surface area contributed by atoms with Crippen LogP contribution in [0, 0.1) is 17.5 Å². The molecule has 0 bridgehead atoms. The Bertz CT molecular complexity index is 1570. The van der Waals surface area contributed by atoms with Gasteiger partial charge in [-0.15, -0.1) is 22.7 Å². The number of ketones is 1. The summed E-state index contributed by atoms with van der Waals surface area (Å²) in [6.45, 7) is 13.4. The van der Waals surface area contributed by atoms with Gasteiger partial charge >= 0.3 is 40.2 Å². The normalized spacial score (nSPS) is 13.5. The SMILES string of the molecule is C[Si](C)(C)C#N.Nc1ccc(CCCc2nccs2)nc1.O=C1CCC1.[C-]#[N+]C1(Nc2ccc(CCCc3nccs3)nc2)CCC1.[Cl][Zn][Cl]. The van der Waals surface area contributed by atoms with Crippen LogP contribution in [0.25, 0.3) is 4.85 Å². The summed E-state index contributed by atoms with van der Waals surface area (Å²) in [6.07, 6.45) is 19.3. The van der Waals surface area contributed by atoms with E-state index >= 15 is 0 Å². The van der Waals surface area contributed by atoms with Crippen LogP contribution in [0.4, 0.5) is 11.4 Å². The van der Waals surface area contributed by atoms with Crippen molar-refractivity contribution < 1.29 is 19.9 Å². The van der Waals surface area contributed by atoms with Crippen LogP contribution in [0.1, 0.15) is 72.8 Å². The first-order valence-electron chi connectivity index (χ1n) is 16.6. The maximum absolute atomic E-state index is 9.90. The number of hydrogen-bond donors (Lipinski definition) is 2. The molecule has 4 aromatic heterocycles. The molecule has 50 heavy (non-hydrogen) atoms. The van der Waals surface area contributed by atoms with E-state index in [4.69, 9.17) is 36.9 Å². The molecule has 0 unspecified atom stereocenters. The van der Waals surface area contributed by atoms with E-state index in [0.29, 0.717) is 5.78 Å². The number of hydrogen-bond acceptors (Lipinski definition) is 10. The van der Waals surface area contributed by atoms with Crippen LogP contribution in [0.2, 0.25) is 19.6 Å². The van der Waals surface area contributed by atoms with Crippen molar-refractivity contribution >= 4 is 67.3 Å². The van der Waals surface area contributed by atoms with Crippen molar-refractivity contribution in [3.63, 3.8) is 0 Å². The number of nitrogens with two attached hydrogens (primary N) is 1. The van der Waals surface area contributed by atoms with Crippen LogP contribution in [-0.4, -0.2) is 39.5 Å². The van der Waals surface area contributed by atoms with Crippen molar-refractivity contribution in [3.05, 3.63) is 92.6 Å². The molecule has 4 aromatic rings. The summed E-state index contributed by atoms with van der Waals surface area (Å²) < 4.78 is 0. The predicted molar refractivity (Wildman–Crippen MR) is 207 cm³/mol. The predicted octanol–water partition coefficient (Wildman–Crippen LogP) is 9.72. The fourth-order valence-electron chi connectivity index (χ4n) is 4.19. The molecule has 2 aliphatic rings.